The lowest BCUT2D eigenvalue weighted by Crippen LogP contribution is -2.57. The predicted octanol–water partition coefficient (Wildman–Crippen LogP) is 3.72. The van der Waals surface area contributed by atoms with Gasteiger partial charge in [-0.15, -0.1) is 5.10 Å². The molecule has 0 N–H and O–H groups in total. The second kappa shape index (κ2) is 10.1. The summed E-state index contributed by atoms with van der Waals surface area (Å²) in [5.74, 6) is -1.52. The smallest absolute Gasteiger partial charge is 0.292 e. The normalized spacial score (nSPS) is 21.1. The van der Waals surface area contributed by atoms with E-state index < -0.39 is 44.7 Å². The first-order chi connectivity index (χ1) is 19.9. The lowest BCUT2D eigenvalue weighted by atomic mass is 9.60. The van der Waals surface area contributed by atoms with E-state index in [1.54, 1.807) is 29.9 Å². The molecule has 4 heterocycles. The van der Waals surface area contributed by atoms with Gasteiger partial charge in [0.1, 0.15) is 11.5 Å². The van der Waals surface area contributed by atoms with Crippen molar-refractivity contribution < 1.29 is 30.8 Å². The van der Waals surface area contributed by atoms with Crippen molar-refractivity contribution in [3.63, 3.8) is 0 Å². The van der Waals surface area contributed by atoms with Crippen LogP contribution in [0.5, 0.6) is 0 Å². The van der Waals surface area contributed by atoms with Crippen molar-refractivity contribution in [1.29, 1.82) is 0 Å². The monoisotopic (exact) mass is 603 g/mol. The van der Waals surface area contributed by atoms with Crippen LogP contribution in [0, 0.1) is 17.2 Å². The molecular weight excluding hydrogens is 578 g/mol. The van der Waals surface area contributed by atoms with E-state index in [-0.39, 0.29) is 36.7 Å². The van der Waals surface area contributed by atoms with Crippen molar-refractivity contribution >= 4 is 15.8 Å². The van der Waals surface area contributed by atoms with Crippen molar-refractivity contribution in [2.75, 3.05) is 13.1 Å². The number of ketones is 1. The Kier molecular flexibility index (Phi) is 6.76. The quantitative estimate of drug-likeness (QED) is 0.244. The average Bonchev–Trinajstić information content (AvgIpc) is 3.63. The maximum absolute atomic E-state index is 14.3. The number of hydrogen-bond acceptors (Lipinski definition) is 7. The number of piperidine rings is 1. The third kappa shape index (κ3) is 4.69. The van der Waals surface area contributed by atoms with E-state index in [0.29, 0.717) is 30.3 Å². The minimum Gasteiger partial charge on any atom is -0.292 e. The van der Waals surface area contributed by atoms with Crippen LogP contribution >= 0.6 is 0 Å². The molecule has 1 aliphatic carbocycles. The Labute approximate surface area is 238 Å². The number of carbonyl (C=O) groups excluding carboxylic acids is 1. The highest BCUT2D eigenvalue weighted by atomic mass is 32.2. The van der Waals surface area contributed by atoms with Crippen LogP contribution in [0.2, 0.25) is 0 Å². The fourth-order valence-electron chi connectivity index (χ4n) is 5.96. The summed E-state index contributed by atoms with van der Waals surface area (Å²) in [6.07, 6.45) is -0.486. The summed E-state index contributed by atoms with van der Waals surface area (Å²) >= 11 is 0. The van der Waals surface area contributed by atoms with Crippen LogP contribution in [-0.2, 0) is 35.6 Å². The SMILES string of the molecule is CCn1ncc(S(=O)(=O)N2CC[C@H]3Cc4c(cnn4-c4ccc(F)cc4)C[C@]3(C(=O)c3cc(C(F)(F)F)ccn3)C2)n1. The molecule has 1 fully saturated rings. The Bertz CT molecular complexity index is 1770. The summed E-state index contributed by atoms with van der Waals surface area (Å²) < 4.78 is 84.3. The second-order valence-corrected chi connectivity index (χ2v) is 12.4. The second-order valence-electron chi connectivity index (χ2n) is 10.5. The van der Waals surface area contributed by atoms with E-state index >= 15 is 0 Å². The van der Waals surface area contributed by atoms with Gasteiger partial charge in [0.15, 0.2) is 5.78 Å². The lowest BCUT2D eigenvalue weighted by Gasteiger charge is -2.48. The van der Waals surface area contributed by atoms with Gasteiger partial charge in [0.05, 0.1) is 35.6 Å². The Hall–Kier alpha value is -3.98. The number of aryl methyl sites for hydroxylation is 1. The molecule has 0 radical (unpaired) electrons. The number of carbonyl (C=O) groups is 1. The van der Waals surface area contributed by atoms with Gasteiger partial charge in [-0.2, -0.15) is 32.5 Å². The van der Waals surface area contributed by atoms with Crippen LogP contribution in [0.3, 0.4) is 0 Å². The molecule has 6 rings (SSSR count). The average molecular weight is 604 g/mol. The van der Waals surface area contributed by atoms with Gasteiger partial charge in [0, 0.05) is 25.0 Å². The fourth-order valence-corrected chi connectivity index (χ4v) is 7.35. The molecule has 42 heavy (non-hydrogen) atoms. The number of Topliss-reactive ketones (excluding diaryl/α,β-unsaturated/α-hetero) is 1. The molecule has 10 nitrogen and oxygen atoms in total. The molecule has 0 spiro atoms. The minimum atomic E-state index is -4.70. The zero-order chi connectivity index (χ0) is 29.9. The van der Waals surface area contributed by atoms with Gasteiger partial charge in [0.25, 0.3) is 10.0 Å². The van der Waals surface area contributed by atoms with E-state index in [0.717, 1.165) is 28.5 Å². The highest BCUT2D eigenvalue weighted by molar-refractivity contribution is 7.89. The molecule has 3 aromatic heterocycles. The van der Waals surface area contributed by atoms with Gasteiger partial charge in [-0.1, -0.05) is 0 Å². The van der Waals surface area contributed by atoms with Crippen molar-refractivity contribution in [2.24, 2.45) is 11.3 Å². The van der Waals surface area contributed by atoms with Crippen LogP contribution in [0.15, 0.2) is 60.0 Å². The number of benzene rings is 1. The molecule has 1 aromatic carbocycles. The zero-order valence-corrected chi connectivity index (χ0v) is 23.1. The van der Waals surface area contributed by atoms with E-state index in [4.69, 9.17) is 0 Å². The van der Waals surface area contributed by atoms with E-state index in [9.17, 15) is 30.8 Å². The zero-order valence-electron chi connectivity index (χ0n) is 22.3. The number of rotatable bonds is 6. The van der Waals surface area contributed by atoms with Crippen LogP contribution in [0.4, 0.5) is 17.6 Å². The van der Waals surface area contributed by atoms with Crippen LogP contribution in [0.25, 0.3) is 5.69 Å². The van der Waals surface area contributed by atoms with Crippen LogP contribution < -0.4 is 0 Å². The highest BCUT2D eigenvalue weighted by Gasteiger charge is 2.55. The van der Waals surface area contributed by atoms with E-state index in [2.05, 4.69) is 20.3 Å². The first-order valence-electron chi connectivity index (χ1n) is 13.2. The molecule has 0 amide bonds. The van der Waals surface area contributed by atoms with Gasteiger partial charge < -0.3 is 0 Å². The summed E-state index contributed by atoms with van der Waals surface area (Å²) in [5, 5.41) is 12.2. The Morgan fingerprint density at radius 1 is 1.12 bits per heavy atom. The van der Waals surface area contributed by atoms with Crippen molar-refractivity contribution in [3.05, 3.63) is 83.3 Å². The van der Waals surface area contributed by atoms with Gasteiger partial charge in [-0.05, 0) is 74.1 Å². The molecule has 0 bridgehead atoms. The van der Waals surface area contributed by atoms with Gasteiger partial charge in [0.2, 0.25) is 5.03 Å². The Morgan fingerprint density at radius 3 is 2.57 bits per heavy atom. The largest absolute Gasteiger partial charge is 0.416 e. The first kappa shape index (κ1) is 28.2. The Balaban J connectivity index is 1.44. The van der Waals surface area contributed by atoms with Gasteiger partial charge >= 0.3 is 6.18 Å². The number of aromatic nitrogens is 6. The third-order valence-electron chi connectivity index (χ3n) is 8.11. The third-order valence-corrected chi connectivity index (χ3v) is 9.82. The van der Waals surface area contributed by atoms with Crippen LogP contribution in [-0.4, -0.2) is 61.4 Å². The van der Waals surface area contributed by atoms with Crippen molar-refractivity contribution in [3.8, 4) is 5.69 Å². The van der Waals surface area contributed by atoms with Gasteiger partial charge in [-0.25, -0.2) is 17.5 Å². The standard InChI is InChI=1S/C27H25F4N7O3S/c1-2-37-33-15-24(35-37)42(40,41)36-10-8-18-12-23-17(14-34-38(23)21-5-3-20(28)4-6-21)13-26(18,16-36)25(39)22-11-19(7-9-32-22)27(29,30)31/h3-7,9,11,14-15,18H,2,8,10,12-13,16H2,1H3/t18-,26-/m0/s1. The first-order valence-corrected chi connectivity index (χ1v) is 14.7. The molecule has 2 atom stereocenters. The number of pyridine rings is 1. The summed E-state index contributed by atoms with van der Waals surface area (Å²) in [5.41, 5.74) is -0.810. The maximum Gasteiger partial charge on any atom is 0.416 e. The molecule has 1 saturated heterocycles. The molecule has 0 unspecified atom stereocenters. The number of fused-ring (bicyclic) bond motifs is 2. The van der Waals surface area contributed by atoms with Crippen molar-refractivity contribution in [1.82, 2.24) is 34.1 Å². The predicted molar refractivity (Wildman–Crippen MR) is 139 cm³/mol. The fraction of sp³-hybridized carbons (Fsp3) is 0.370. The summed E-state index contributed by atoms with van der Waals surface area (Å²) in [4.78, 5) is 19.5. The summed E-state index contributed by atoms with van der Waals surface area (Å²) in [6, 6.07) is 7.24. The number of sulfonamides is 1. The van der Waals surface area contributed by atoms with Crippen LogP contribution in [0.1, 0.15) is 40.7 Å². The number of alkyl halides is 3. The molecular formula is C27H25F4N7O3S. The maximum atomic E-state index is 14.3. The lowest BCUT2D eigenvalue weighted by molar-refractivity contribution is -0.137. The number of nitrogens with zero attached hydrogens (tertiary/aromatic N) is 7. The topological polar surface area (TPSA) is 116 Å². The Morgan fingerprint density at radius 2 is 1.88 bits per heavy atom. The molecule has 4 aromatic rings. The molecule has 0 saturated carbocycles. The van der Waals surface area contributed by atoms with E-state index in [1.165, 1.54) is 16.9 Å². The number of halogens is 4. The van der Waals surface area contributed by atoms with Gasteiger partial charge in [-0.3, -0.25) is 9.78 Å². The minimum absolute atomic E-state index is 0.0264. The molecule has 2 aliphatic rings. The molecule has 220 valence electrons. The van der Waals surface area contributed by atoms with E-state index in [1.807, 2.05) is 0 Å². The van der Waals surface area contributed by atoms with Crippen molar-refractivity contribution in [2.45, 2.75) is 43.9 Å². The summed E-state index contributed by atoms with van der Waals surface area (Å²) in [7, 11) is -4.18. The highest BCUT2D eigenvalue weighted by Crippen LogP contribution is 2.48. The molecule has 1 aliphatic heterocycles. The summed E-state index contributed by atoms with van der Waals surface area (Å²) in [6.45, 7) is 1.89. The number of hydrogen-bond donors (Lipinski definition) is 0. The molecule has 15 heteroatoms.